The zero-order valence-electron chi connectivity index (χ0n) is 10.6. The zero-order valence-corrected chi connectivity index (χ0v) is 11.5. The number of nitrogens with one attached hydrogen (secondary N) is 1. The van der Waals surface area contributed by atoms with Gasteiger partial charge in [-0.3, -0.25) is 4.90 Å². The van der Waals surface area contributed by atoms with E-state index < -0.39 is 0 Å². The molecule has 2 aliphatic heterocycles. The number of rotatable bonds is 3. The summed E-state index contributed by atoms with van der Waals surface area (Å²) in [5.41, 5.74) is 0. The van der Waals surface area contributed by atoms with E-state index in [-0.39, 0.29) is 18.5 Å². The largest absolute Gasteiger partial charge is 0.447 e. The van der Waals surface area contributed by atoms with Crippen molar-refractivity contribution in [1.29, 1.82) is 0 Å². The molecule has 100 valence electrons. The van der Waals surface area contributed by atoms with E-state index in [9.17, 15) is 4.79 Å². The van der Waals surface area contributed by atoms with Gasteiger partial charge in [-0.25, -0.2) is 4.79 Å². The molecule has 2 aliphatic rings. The van der Waals surface area contributed by atoms with Crippen LogP contribution in [0.3, 0.4) is 0 Å². The van der Waals surface area contributed by atoms with Crippen molar-refractivity contribution in [2.75, 3.05) is 19.7 Å². The maximum atomic E-state index is 11.8. The van der Waals surface area contributed by atoms with Crippen LogP contribution in [0, 0.1) is 5.92 Å². The fourth-order valence-corrected chi connectivity index (χ4v) is 2.66. The van der Waals surface area contributed by atoms with Crippen LogP contribution in [0.1, 0.15) is 33.1 Å². The average Bonchev–Trinajstić information content (AvgIpc) is 2.71. The lowest BCUT2D eigenvalue weighted by Gasteiger charge is -2.35. The molecule has 0 unspecified atom stereocenters. The van der Waals surface area contributed by atoms with Gasteiger partial charge in [-0.05, 0) is 31.8 Å². The van der Waals surface area contributed by atoms with E-state index >= 15 is 0 Å². The van der Waals surface area contributed by atoms with E-state index in [0.29, 0.717) is 24.6 Å². The van der Waals surface area contributed by atoms with Crippen LogP contribution in [0.5, 0.6) is 0 Å². The fourth-order valence-electron chi connectivity index (χ4n) is 2.66. The van der Waals surface area contributed by atoms with Crippen LogP contribution in [0.25, 0.3) is 0 Å². The Bertz CT molecular complexity index is 257. The molecule has 1 amide bonds. The average molecular weight is 263 g/mol. The second-order valence-electron chi connectivity index (χ2n) is 4.92. The molecule has 0 aromatic carbocycles. The third-order valence-corrected chi connectivity index (χ3v) is 3.95. The summed E-state index contributed by atoms with van der Waals surface area (Å²) in [4.78, 5) is 13.8. The van der Waals surface area contributed by atoms with Gasteiger partial charge in [0, 0.05) is 6.04 Å². The van der Waals surface area contributed by atoms with Gasteiger partial charge in [0.2, 0.25) is 0 Å². The van der Waals surface area contributed by atoms with Gasteiger partial charge in [-0.1, -0.05) is 20.3 Å². The number of ether oxygens (including phenoxy) is 1. The van der Waals surface area contributed by atoms with Crippen molar-refractivity contribution in [3.05, 3.63) is 0 Å². The van der Waals surface area contributed by atoms with E-state index in [1.54, 1.807) is 0 Å². The highest BCUT2D eigenvalue weighted by atomic mass is 35.5. The van der Waals surface area contributed by atoms with E-state index in [2.05, 4.69) is 19.2 Å². The summed E-state index contributed by atoms with van der Waals surface area (Å²) < 4.78 is 5.22. The second-order valence-corrected chi connectivity index (χ2v) is 4.92. The number of amides is 1. The lowest BCUT2D eigenvalue weighted by atomic mass is 9.95. The Morgan fingerprint density at radius 3 is 2.71 bits per heavy atom. The SMILES string of the molecule is CC[C@H](C)[C@@H]1COC(=O)N1C1CCNCC1.Cl. The first-order valence-electron chi connectivity index (χ1n) is 6.39. The van der Waals surface area contributed by atoms with Gasteiger partial charge in [-0.2, -0.15) is 0 Å². The molecule has 1 N–H and O–H groups in total. The van der Waals surface area contributed by atoms with Gasteiger partial charge >= 0.3 is 6.09 Å². The predicted octanol–water partition coefficient (Wildman–Crippen LogP) is 2.03. The van der Waals surface area contributed by atoms with Crippen molar-refractivity contribution >= 4 is 18.5 Å². The number of cyclic esters (lactones) is 1. The zero-order chi connectivity index (χ0) is 11.5. The van der Waals surface area contributed by atoms with Crippen molar-refractivity contribution in [2.45, 2.75) is 45.2 Å². The van der Waals surface area contributed by atoms with E-state index in [1.165, 1.54) is 0 Å². The molecule has 2 heterocycles. The van der Waals surface area contributed by atoms with Gasteiger partial charge in [0.25, 0.3) is 0 Å². The molecule has 0 aromatic heterocycles. The highest BCUT2D eigenvalue weighted by Gasteiger charge is 2.40. The van der Waals surface area contributed by atoms with E-state index in [0.717, 1.165) is 32.4 Å². The third kappa shape index (κ3) is 3.05. The van der Waals surface area contributed by atoms with Crippen LogP contribution in [0.15, 0.2) is 0 Å². The van der Waals surface area contributed by atoms with Crippen LogP contribution in [-0.2, 0) is 4.74 Å². The van der Waals surface area contributed by atoms with Crippen LogP contribution in [0.4, 0.5) is 4.79 Å². The molecule has 2 atom stereocenters. The fraction of sp³-hybridized carbons (Fsp3) is 0.917. The Balaban J connectivity index is 0.00000144. The Kier molecular flexibility index (Phi) is 5.53. The Labute approximate surface area is 109 Å². The summed E-state index contributed by atoms with van der Waals surface area (Å²) >= 11 is 0. The van der Waals surface area contributed by atoms with Gasteiger partial charge < -0.3 is 10.1 Å². The maximum absolute atomic E-state index is 11.8. The summed E-state index contributed by atoms with van der Waals surface area (Å²) in [5.74, 6) is 0.529. The smallest absolute Gasteiger partial charge is 0.410 e. The number of hydrogen-bond donors (Lipinski definition) is 1. The molecular weight excluding hydrogens is 240 g/mol. The molecule has 2 rings (SSSR count). The Morgan fingerprint density at radius 2 is 2.12 bits per heavy atom. The van der Waals surface area contributed by atoms with Crippen LogP contribution < -0.4 is 5.32 Å². The molecular formula is C12H23ClN2O2. The number of hydrogen-bond acceptors (Lipinski definition) is 3. The summed E-state index contributed by atoms with van der Waals surface area (Å²) in [6, 6.07) is 0.677. The first-order valence-corrected chi connectivity index (χ1v) is 6.39. The third-order valence-electron chi connectivity index (χ3n) is 3.95. The first kappa shape index (κ1) is 14.6. The highest BCUT2D eigenvalue weighted by Crippen LogP contribution is 2.27. The summed E-state index contributed by atoms with van der Waals surface area (Å²) in [7, 11) is 0. The lowest BCUT2D eigenvalue weighted by Crippen LogP contribution is -2.49. The first-order chi connectivity index (χ1) is 7.74. The lowest BCUT2D eigenvalue weighted by molar-refractivity contribution is 0.125. The molecule has 0 spiro atoms. The summed E-state index contributed by atoms with van der Waals surface area (Å²) in [6.07, 6.45) is 3.12. The maximum Gasteiger partial charge on any atom is 0.410 e. The topological polar surface area (TPSA) is 41.6 Å². The quantitative estimate of drug-likeness (QED) is 0.846. The van der Waals surface area contributed by atoms with E-state index in [4.69, 9.17) is 4.74 Å². The minimum atomic E-state index is -0.0998. The predicted molar refractivity (Wildman–Crippen MR) is 69.6 cm³/mol. The van der Waals surface area contributed by atoms with Gasteiger partial charge in [0.05, 0.1) is 6.04 Å². The molecule has 0 radical (unpaired) electrons. The molecule has 0 saturated carbocycles. The Hall–Kier alpha value is -0.480. The van der Waals surface area contributed by atoms with Crippen molar-refractivity contribution in [1.82, 2.24) is 10.2 Å². The van der Waals surface area contributed by atoms with Crippen LogP contribution in [0.2, 0.25) is 0 Å². The van der Waals surface area contributed by atoms with Gasteiger partial charge in [0.15, 0.2) is 0 Å². The number of piperidine rings is 1. The monoisotopic (exact) mass is 262 g/mol. The molecule has 2 fully saturated rings. The molecule has 4 nitrogen and oxygen atoms in total. The Morgan fingerprint density at radius 1 is 1.47 bits per heavy atom. The highest BCUT2D eigenvalue weighted by molar-refractivity contribution is 5.85. The van der Waals surface area contributed by atoms with Gasteiger partial charge in [-0.15, -0.1) is 12.4 Å². The summed E-state index contributed by atoms with van der Waals surface area (Å²) in [5, 5.41) is 3.33. The molecule has 17 heavy (non-hydrogen) atoms. The number of carbonyl (C=O) groups is 1. The minimum absolute atomic E-state index is 0. The second kappa shape index (κ2) is 6.45. The van der Waals surface area contributed by atoms with Crippen molar-refractivity contribution in [3.8, 4) is 0 Å². The molecule has 0 aliphatic carbocycles. The molecule has 0 aromatic rings. The van der Waals surface area contributed by atoms with E-state index in [1.807, 2.05) is 4.90 Å². The standard InChI is InChI=1S/C12H22N2O2.ClH/c1-3-9(2)11-8-16-12(15)14(11)10-4-6-13-7-5-10;/h9-11,13H,3-8H2,1-2H3;1H/t9-,11-;/m0./s1. The molecule has 5 heteroatoms. The van der Waals surface area contributed by atoms with Crippen molar-refractivity contribution in [2.24, 2.45) is 5.92 Å². The van der Waals surface area contributed by atoms with Crippen molar-refractivity contribution in [3.63, 3.8) is 0 Å². The van der Waals surface area contributed by atoms with Crippen LogP contribution >= 0.6 is 12.4 Å². The van der Waals surface area contributed by atoms with Crippen LogP contribution in [-0.4, -0.2) is 42.8 Å². The minimum Gasteiger partial charge on any atom is -0.447 e. The number of carbonyl (C=O) groups excluding carboxylic acids is 1. The van der Waals surface area contributed by atoms with Gasteiger partial charge in [0.1, 0.15) is 6.61 Å². The molecule has 0 bridgehead atoms. The number of halogens is 1. The normalized spacial score (nSPS) is 27.5. The summed E-state index contributed by atoms with van der Waals surface area (Å²) in [6.45, 7) is 7.00. The molecule has 2 saturated heterocycles. The number of nitrogens with zero attached hydrogens (tertiary/aromatic N) is 1. The van der Waals surface area contributed by atoms with Crippen molar-refractivity contribution < 1.29 is 9.53 Å².